The lowest BCUT2D eigenvalue weighted by Gasteiger charge is -2.23. The van der Waals surface area contributed by atoms with E-state index in [-0.39, 0.29) is 17.9 Å². The summed E-state index contributed by atoms with van der Waals surface area (Å²) in [6, 6.07) is 12.7. The molecule has 0 heterocycles. The zero-order valence-corrected chi connectivity index (χ0v) is 16.9. The van der Waals surface area contributed by atoms with Gasteiger partial charge in [-0.1, -0.05) is 44.1 Å². The van der Waals surface area contributed by atoms with Crippen LogP contribution in [0.25, 0.3) is 0 Å². The van der Waals surface area contributed by atoms with Crippen LogP contribution in [0.3, 0.4) is 0 Å². The maximum atomic E-state index is 12.7. The Morgan fingerprint density at radius 2 is 1.86 bits per heavy atom. The lowest BCUT2D eigenvalue weighted by molar-refractivity contribution is 0.0927. The van der Waals surface area contributed by atoms with Crippen LogP contribution in [0.1, 0.15) is 58.4 Å². The molecule has 2 N–H and O–H groups in total. The van der Waals surface area contributed by atoms with Crippen molar-refractivity contribution in [3.05, 3.63) is 71.8 Å². The van der Waals surface area contributed by atoms with Crippen LogP contribution in [-0.2, 0) is 0 Å². The van der Waals surface area contributed by atoms with E-state index in [1.54, 1.807) is 36.4 Å². The van der Waals surface area contributed by atoms with Gasteiger partial charge in [-0.05, 0) is 55.7 Å². The molecule has 0 saturated heterocycles. The topological polar surface area (TPSA) is 67.4 Å². The number of hydrogen-bond acceptors (Lipinski definition) is 3. The van der Waals surface area contributed by atoms with Gasteiger partial charge in [0.05, 0.1) is 5.56 Å². The van der Waals surface area contributed by atoms with E-state index in [1.807, 2.05) is 19.1 Å². The third kappa shape index (κ3) is 5.47. The molecule has 152 valence electrons. The van der Waals surface area contributed by atoms with Gasteiger partial charge in [0.1, 0.15) is 12.4 Å². The van der Waals surface area contributed by atoms with Crippen molar-refractivity contribution >= 4 is 17.5 Å². The molecule has 3 rings (SSSR count). The van der Waals surface area contributed by atoms with E-state index < -0.39 is 0 Å². The van der Waals surface area contributed by atoms with Crippen LogP contribution < -0.4 is 15.4 Å². The second-order valence-corrected chi connectivity index (χ2v) is 7.39. The van der Waals surface area contributed by atoms with Crippen molar-refractivity contribution in [2.24, 2.45) is 0 Å². The highest BCUT2D eigenvalue weighted by Crippen LogP contribution is 2.23. The number of anilines is 1. The Kier molecular flexibility index (Phi) is 7.06. The number of aryl methyl sites for hydroxylation is 1. The normalized spacial score (nSPS) is 14.1. The van der Waals surface area contributed by atoms with Gasteiger partial charge in [-0.3, -0.25) is 9.59 Å². The Balaban J connectivity index is 1.68. The molecule has 2 aromatic rings. The van der Waals surface area contributed by atoms with Gasteiger partial charge in [0.25, 0.3) is 11.8 Å². The minimum atomic E-state index is -0.257. The number of carbonyl (C=O) groups is 2. The van der Waals surface area contributed by atoms with Crippen LogP contribution in [0.5, 0.6) is 5.75 Å². The molecule has 1 aliphatic carbocycles. The van der Waals surface area contributed by atoms with Crippen molar-refractivity contribution in [2.45, 2.75) is 45.1 Å². The van der Waals surface area contributed by atoms with Gasteiger partial charge >= 0.3 is 0 Å². The van der Waals surface area contributed by atoms with Crippen molar-refractivity contribution in [1.29, 1.82) is 0 Å². The summed E-state index contributed by atoms with van der Waals surface area (Å²) in [5.41, 5.74) is 2.57. The highest BCUT2D eigenvalue weighted by atomic mass is 16.5. The summed E-state index contributed by atoms with van der Waals surface area (Å²) in [5, 5.41) is 6.04. The monoisotopic (exact) mass is 392 g/mol. The predicted molar refractivity (Wildman–Crippen MR) is 116 cm³/mol. The fourth-order valence-electron chi connectivity index (χ4n) is 3.58. The first kappa shape index (κ1) is 20.6. The quantitative estimate of drug-likeness (QED) is 0.660. The molecular weight excluding hydrogens is 364 g/mol. The minimum Gasteiger partial charge on any atom is -0.489 e. The number of amides is 2. The first-order valence-corrected chi connectivity index (χ1v) is 10.1. The Morgan fingerprint density at radius 1 is 1.10 bits per heavy atom. The number of benzene rings is 2. The second kappa shape index (κ2) is 9.92. The smallest absolute Gasteiger partial charge is 0.259 e. The Labute approximate surface area is 172 Å². The maximum Gasteiger partial charge on any atom is 0.259 e. The van der Waals surface area contributed by atoms with Gasteiger partial charge in [-0.25, -0.2) is 0 Å². The summed E-state index contributed by atoms with van der Waals surface area (Å²) in [5.74, 6) is 0.194. The van der Waals surface area contributed by atoms with Crippen LogP contribution in [-0.4, -0.2) is 24.5 Å². The number of para-hydroxylation sites is 1. The average Bonchev–Trinajstić information content (AvgIpc) is 2.74. The minimum absolute atomic E-state index is 0.0546. The van der Waals surface area contributed by atoms with Crippen molar-refractivity contribution < 1.29 is 14.3 Å². The summed E-state index contributed by atoms with van der Waals surface area (Å²) >= 11 is 0. The van der Waals surface area contributed by atoms with E-state index in [2.05, 4.69) is 17.2 Å². The number of carbonyl (C=O) groups excluding carboxylic acids is 2. The molecule has 29 heavy (non-hydrogen) atoms. The van der Waals surface area contributed by atoms with Crippen LogP contribution in [0, 0.1) is 6.92 Å². The summed E-state index contributed by atoms with van der Waals surface area (Å²) in [6.07, 6.45) is 7.33. The van der Waals surface area contributed by atoms with Gasteiger partial charge in [0, 0.05) is 17.3 Å². The highest BCUT2D eigenvalue weighted by molar-refractivity contribution is 6.06. The van der Waals surface area contributed by atoms with Gasteiger partial charge in [0.2, 0.25) is 0 Å². The van der Waals surface area contributed by atoms with Gasteiger partial charge in [0.15, 0.2) is 0 Å². The SMILES string of the molecule is C=CCOc1ccccc1C(=O)Nc1ccc(C(=O)NC2CCCCC2)cc1C. The van der Waals surface area contributed by atoms with E-state index in [9.17, 15) is 9.59 Å². The lowest BCUT2D eigenvalue weighted by atomic mass is 9.95. The molecule has 0 unspecified atom stereocenters. The molecule has 1 saturated carbocycles. The predicted octanol–water partition coefficient (Wildman–Crippen LogP) is 4.87. The van der Waals surface area contributed by atoms with Crippen molar-refractivity contribution in [1.82, 2.24) is 5.32 Å². The lowest BCUT2D eigenvalue weighted by Crippen LogP contribution is -2.36. The Hall–Kier alpha value is -3.08. The first-order valence-electron chi connectivity index (χ1n) is 10.1. The molecule has 1 fully saturated rings. The van der Waals surface area contributed by atoms with E-state index in [0.29, 0.717) is 29.2 Å². The molecule has 0 radical (unpaired) electrons. The van der Waals surface area contributed by atoms with E-state index in [1.165, 1.54) is 19.3 Å². The summed E-state index contributed by atoms with van der Waals surface area (Å²) < 4.78 is 5.57. The number of rotatable bonds is 7. The fraction of sp³-hybridized carbons (Fsp3) is 0.333. The molecule has 0 spiro atoms. The van der Waals surface area contributed by atoms with Gasteiger partial charge in [-0.15, -0.1) is 0 Å². The zero-order chi connectivity index (χ0) is 20.6. The van der Waals surface area contributed by atoms with Crippen molar-refractivity contribution in [3.63, 3.8) is 0 Å². The first-order chi connectivity index (χ1) is 14.1. The average molecular weight is 392 g/mol. The maximum absolute atomic E-state index is 12.7. The third-order valence-corrected chi connectivity index (χ3v) is 5.17. The summed E-state index contributed by atoms with van der Waals surface area (Å²) in [7, 11) is 0. The molecule has 2 aromatic carbocycles. The molecule has 0 aliphatic heterocycles. The van der Waals surface area contributed by atoms with Crippen LogP contribution in [0.2, 0.25) is 0 Å². The molecule has 2 amide bonds. The second-order valence-electron chi connectivity index (χ2n) is 7.39. The number of nitrogens with one attached hydrogen (secondary N) is 2. The Morgan fingerprint density at radius 3 is 2.59 bits per heavy atom. The Bertz CT molecular complexity index is 885. The van der Waals surface area contributed by atoms with Gasteiger partial charge < -0.3 is 15.4 Å². The van der Waals surface area contributed by atoms with E-state index in [4.69, 9.17) is 4.74 Å². The third-order valence-electron chi connectivity index (χ3n) is 5.17. The zero-order valence-electron chi connectivity index (χ0n) is 16.9. The molecule has 0 atom stereocenters. The van der Waals surface area contributed by atoms with Gasteiger partial charge in [-0.2, -0.15) is 0 Å². The largest absolute Gasteiger partial charge is 0.489 e. The summed E-state index contributed by atoms with van der Waals surface area (Å²) in [6.45, 7) is 5.84. The molecule has 0 aromatic heterocycles. The standard InChI is InChI=1S/C24H28N2O3/c1-3-15-29-22-12-8-7-11-20(22)24(28)26-21-14-13-18(16-17(21)2)23(27)25-19-9-5-4-6-10-19/h3,7-8,11-14,16,19H,1,4-6,9-10,15H2,2H3,(H,25,27)(H,26,28). The molecule has 5 nitrogen and oxygen atoms in total. The van der Waals surface area contributed by atoms with Crippen LogP contribution in [0.15, 0.2) is 55.1 Å². The van der Waals surface area contributed by atoms with Crippen LogP contribution in [0.4, 0.5) is 5.69 Å². The number of ether oxygens (including phenoxy) is 1. The van der Waals surface area contributed by atoms with E-state index >= 15 is 0 Å². The molecule has 0 bridgehead atoms. The highest BCUT2D eigenvalue weighted by Gasteiger charge is 2.18. The van der Waals surface area contributed by atoms with Crippen molar-refractivity contribution in [3.8, 4) is 5.75 Å². The van der Waals surface area contributed by atoms with Crippen molar-refractivity contribution in [2.75, 3.05) is 11.9 Å². The molecule has 1 aliphatic rings. The molecule has 5 heteroatoms. The molecular formula is C24H28N2O3. The van der Waals surface area contributed by atoms with E-state index in [0.717, 1.165) is 18.4 Å². The fourth-order valence-corrected chi connectivity index (χ4v) is 3.58. The van der Waals surface area contributed by atoms with Crippen LogP contribution >= 0.6 is 0 Å². The number of hydrogen-bond donors (Lipinski definition) is 2. The summed E-state index contributed by atoms with van der Waals surface area (Å²) in [4.78, 5) is 25.3.